The van der Waals surface area contributed by atoms with Crippen LogP contribution in [0.5, 0.6) is 0 Å². The molecule has 0 fully saturated rings. The molecule has 1 unspecified atom stereocenters. The average Bonchev–Trinajstić information content (AvgIpc) is 2.53. The Balaban J connectivity index is 2.00. The SMILES string of the molecule is Cc1ccccc1CNCC(c1ccc(N(C)C)cc1)N(C)C. The molecule has 0 heterocycles. The Morgan fingerprint density at radius 2 is 1.57 bits per heavy atom. The number of aryl methyl sites for hydroxylation is 1. The molecule has 0 amide bonds. The van der Waals surface area contributed by atoms with E-state index in [2.05, 4.69) is 98.8 Å². The largest absolute Gasteiger partial charge is 0.378 e. The summed E-state index contributed by atoms with van der Waals surface area (Å²) in [6.45, 7) is 4.01. The summed E-state index contributed by atoms with van der Waals surface area (Å²) in [6, 6.07) is 17.8. The van der Waals surface area contributed by atoms with E-state index in [1.807, 2.05) is 0 Å². The minimum Gasteiger partial charge on any atom is -0.378 e. The molecule has 0 aliphatic rings. The molecule has 2 rings (SSSR count). The fraction of sp³-hybridized carbons (Fsp3) is 0.400. The molecule has 0 aliphatic carbocycles. The van der Waals surface area contributed by atoms with Gasteiger partial charge in [-0.2, -0.15) is 0 Å². The Hall–Kier alpha value is -1.84. The lowest BCUT2D eigenvalue weighted by atomic mass is 10.0. The summed E-state index contributed by atoms with van der Waals surface area (Å²) in [7, 11) is 8.42. The van der Waals surface area contributed by atoms with Gasteiger partial charge in [0.05, 0.1) is 0 Å². The van der Waals surface area contributed by atoms with Gasteiger partial charge in [-0.15, -0.1) is 0 Å². The number of hydrogen-bond acceptors (Lipinski definition) is 3. The van der Waals surface area contributed by atoms with Crippen LogP contribution in [0.3, 0.4) is 0 Å². The molecule has 2 aromatic rings. The number of rotatable bonds is 7. The van der Waals surface area contributed by atoms with Crippen LogP contribution in [0.2, 0.25) is 0 Å². The van der Waals surface area contributed by atoms with Gasteiger partial charge in [0.15, 0.2) is 0 Å². The highest BCUT2D eigenvalue weighted by atomic mass is 15.1. The second kappa shape index (κ2) is 8.14. The predicted octanol–water partition coefficient (Wildman–Crippen LogP) is 3.45. The van der Waals surface area contributed by atoms with E-state index in [1.165, 1.54) is 22.4 Å². The molecule has 3 heteroatoms. The van der Waals surface area contributed by atoms with E-state index >= 15 is 0 Å². The zero-order valence-electron chi connectivity index (χ0n) is 15.0. The molecule has 1 N–H and O–H groups in total. The maximum Gasteiger partial charge on any atom is 0.0466 e. The molecule has 0 bridgehead atoms. The molecule has 0 aliphatic heterocycles. The average molecular weight is 311 g/mol. The molecular formula is C20H29N3. The fourth-order valence-electron chi connectivity index (χ4n) is 2.75. The van der Waals surface area contributed by atoms with Gasteiger partial charge >= 0.3 is 0 Å². The van der Waals surface area contributed by atoms with Gasteiger partial charge in [0.1, 0.15) is 0 Å². The molecule has 0 aromatic heterocycles. The molecule has 0 spiro atoms. The van der Waals surface area contributed by atoms with Crippen LogP contribution in [0, 0.1) is 6.92 Å². The van der Waals surface area contributed by atoms with Gasteiger partial charge in [0, 0.05) is 38.9 Å². The Bertz CT molecular complexity index is 603. The quantitative estimate of drug-likeness (QED) is 0.845. The van der Waals surface area contributed by atoms with Crippen molar-refractivity contribution in [2.24, 2.45) is 0 Å². The maximum atomic E-state index is 3.61. The van der Waals surface area contributed by atoms with Crippen molar-refractivity contribution in [2.75, 3.05) is 39.6 Å². The molecule has 2 aromatic carbocycles. The van der Waals surface area contributed by atoms with Crippen LogP contribution < -0.4 is 10.2 Å². The number of benzene rings is 2. The third-order valence-electron chi connectivity index (χ3n) is 4.33. The third-order valence-corrected chi connectivity index (χ3v) is 4.33. The van der Waals surface area contributed by atoms with Crippen LogP contribution in [0.15, 0.2) is 48.5 Å². The smallest absolute Gasteiger partial charge is 0.0466 e. The summed E-state index contributed by atoms with van der Waals surface area (Å²) in [5, 5.41) is 3.61. The minimum absolute atomic E-state index is 0.371. The van der Waals surface area contributed by atoms with Gasteiger partial charge in [0.2, 0.25) is 0 Å². The zero-order valence-corrected chi connectivity index (χ0v) is 15.0. The second-order valence-corrected chi connectivity index (χ2v) is 6.52. The van der Waals surface area contributed by atoms with Gasteiger partial charge in [-0.1, -0.05) is 36.4 Å². The molecule has 3 nitrogen and oxygen atoms in total. The number of nitrogens with one attached hydrogen (secondary N) is 1. The van der Waals surface area contributed by atoms with E-state index < -0.39 is 0 Å². The Kier molecular flexibility index (Phi) is 6.20. The standard InChI is InChI=1S/C20H29N3/c1-16-8-6-7-9-18(16)14-21-15-20(23(4)5)17-10-12-19(13-11-17)22(2)3/h6-13,20-21H,14-15H2,1-5H3. The third kappa shape index (κ3) is 4.81. The molecular weight excluding hydrogens is 282 g/mol. The molecule has 23 heavy (non-hydrogen) atoms. The first-order chi connectivity index (χ1) is 11.0. The van der Waals surface area contributed by atoms with Crippen LogP contribution in [-0.2, 0) is 6.54 Å². The van der Waals surface area contributed by atoms with Gasteiger partial charge in [-0.3, -0.25) is 0 Å². The van der Waals surface area contributed by atoms with Crippen molar-refractivity contribution in [1.82, 2.24) is 10.2 Å². The van der Waals surface area contributed by atoms with Crippen LogP contribution in [0.4, 0.5) is 5.69 Å². The van der Waals surface area contributed by atoms with E-state index in [-0.39, 0.29) is 0 Å². The highest BCUT2D eigenvalue weighted by Crippen LogP contribution is 2.21. The first-order valence-corrected chi connectivity index (χ1v) is 8.18. The molecule has 0 saturated carbocycles. The first kappa shape index (κ1) is 17.5. The zero-order chi connectivity index (χ0) is 16.8. The highest BCUT2D eigenvalue weighted by molar-refractivity contribution is 5.46. The number of nitrogens with zero attached hydrogens (tertiary/aromatic N) is 2. The van der Waals surface area contributed by atoms with Gasteiger partial charge in [0.25, 0.3) is 0 Å². The normalized spacial score (nSPS) is 12.4. The van der Waals surface area contributed by atoms with Crippen molar-refractivity contribution in [2.45, 2.75) is 19.5 Å². The molecule has 0 radical (unpaired) electrons. The lowest BCUT2D eigenvalue weighted by molar-refractivity contribution is 0.288. The van der Waals surface area contributed by atoms with Crippen molar-refractivity contribution in [3.63, 3.8) is 0 Å². The summed E-state index contributed by atoms with van der Waals surface area (Å²) < 4.78 is 0. The van der Waals surface area contributed by atoms with Gasteiger partial charge in [-0.25, -0.2) is 0 Å². The van der Waals surface area contributed by atoms with Gasteiger partial charge < -0.3 is 15.1 Å². The summed E-state index contributed by atoms with van der Waals surface area (Å²) in [4.78, 5) is 4.40. The van der Waals surface area contributed by atoms with Gasteiger partial charge in [-0.05, 0) is 49.8 Å². The Morgan fingerprint density at radius 3 is 2.13 bits per heavy atom. The summed E-state index contributed by atoms with van der Waals surface area (Å²) in [6.07, 6.45) is 0. The molecule has 0 saturated heterocycles. The van der Waals surface area contributed by atoms with E-state index in [9.17, 15) is 0 Å². The van der Waals surface area contributed by atoms with Crippen LogP contribution >= 0.6 is 0 Å². The number of likely N-dealkylation sites (N-methyl/N-ethyl adjacent to an activating group) is 1. The molecule has 1 atom stereocenters. The van der Waals surface area contributed by atoms with Crippen molar-refractivity contribution >= 4 is 5.69 Å². The summed E-state index contributed by atoms with van der Waals surface area (Å²) in [5.41, 5.74) is 5.29. The van der Waals surface area contributed by atoms with Crippen molar-refractivity contribution in [1.29, 1.82) is 0 Å². The number of anilines is 1. The van der Waals surface area contributed by atoms with E-state index in [0.29, 0.717) is 6.04 Å². The van der Waals surface area contributed by atoms with Crippen molar-refractivity contribution in [3.8, 4) is 0 Å². The van der Waals surface area contributed by atoms with E-state index in [4.69, 9.17) is 0 Å². The monoisotopic (exact) mass is 311 g/mol. The lowest BCUT2D eigenvalue weighted by Crippen LogP contribution is -2.31. The van der Waals surface area contributed by atoms with Crippen LogP contribution in [0.25, 0.3) is 0 Å². The van der Waals surface area contributed by atoms with E-state index in [1.54, 1.807) is 0 Å². The Morgan fingerprint density at radius 1 is 0.913 bits per heavy atom. The number of hydrogen-bond donors (Lipinski definition) is 1. The minimum atomic E-state index is 0.371. The second-order valence-electron chi connectivity index (χ2n) is 6.52. The van der Waals surface area contributed by atoms with E-state index in [0.717, 1.165) is 13.1 Å². The van der Waals surface area contributed by atoms with Crippen molar-refractivity contribution in [3.05, 3.63) is 65.2 Å². The maximum absolute atomic E-state index is 3.61. The molecule has 124 valence electrons. The highest BCUT2D eigenvalue weighted by Gasteiger charge is 2.14. The topological polar surface area (TPSA) is 18.5 Å². The summed E-state index contributed by atoms with van der Waals surface area (Å²) in [5.74, 6) is 0. The summed E-state index contributed by atoms with van der Waals surface area (Å²) >= 11 is 0. The van der Waals surface area contributed by atoms with Crippen LogP contribution in [0.1, 0.15) is 22.7 Å². The van der Waals surface area contributed by atoms with Crippen LogP contribution in [-0.4, -0.2) is 39.6 Å². The van der Waals surface area contributed by atoms with Crippen molar-refractivity contribution < 1.29 is 0 Å². The Labute approximate surface area is 140 Å². The first-order valence-electron chi connectivity index (χ1n) is 8.18. The fourth-order valence-corrected chi connectivity index (χ4v) is 2.75. The predicted molar refractivity (Wildman–Crippen MR) is 100 cm³/mol. The lowest BCUT2D eigenvalue weighted by Gasteiger charge is -2.26.